The standard InChI is InChI=1S/C23H21N3O2/c27-22(6-4-16-3-5-21-18(14-16)9-13-28-21)26-11-7-17(8-12-26)20-15-25-23-19(20)2-1-10-24-23/h1-7,10,14-15H,8-9,11-13H2,(H,24,25)/b6-4-. The van der Waals surface area contributed by atoms with Crippen LogP contribution in [0.1, 0.15) is 23.1 Å². The second-order valence-corrected chi connectivity index (χ2v) is 7.16. The Morgan fingerprint density at radius 1 is 1.25 bits per heavy atom. The second-order valence-electron chi connectivity index (χ2n) is 7.16. The van der Waals surface area contributed by atoms with E-state index in [0.29, 0.717) is 6.54 Å². The van der Waals surface area contributed by atoms with Crippen LogP contribution in [0.15, 0.2) is 54.9 Å². The maximum atomic E-state index is 12.6. The zero-order valence-electron chi connectivity index (χ0n) is 15.5. The fourth-order valence-electron chi connectivity index (χ4n) is 3.92. The first-order chi connectivity index (χ1) is 13.8. The van der Waals surface area contributed by atoms with Gasteiger partial charge in [0.2, 0.25) is 5.91 Å². The Kier molecular flexibility index (Phi) is 4.20. The Morgan fingerprint density at radius 2 is 2.21 bits per heavy atom. The van der Waals surface area contributed by atoms with Crippen molar-refractivity contribution in [3.63, 3.8) is 0 Å². The predicted octanol–water partition coefficient (Wildman–Crippen LogP) is 3.83. The van der Waals surface area contributed by atoms with E-state index in [-0.39, 0.29) is 5.91 Å². The van der Waals surface area contributed by atoms with Crippen molar-refractivity contribution in [2.45, 2.75) is 12.8 Å². The van der Waals surface area contributed by atoms with E-state index in [1.807, 2.05) is 35.4 Å². The summed E-state index contributed by atoms with van der Waals surface area (Å²) in [4.78, 5) is 22.0. The van der Waals surface area contributed by atoms with Gasteiger partial charge in [-0.05, 0) is 53.5 Å². The van der Waals surface area contributed by atoms with Crippen LogP contribution in [0.4, 0.5) is 0 Å². The van der Waals surface area contributed by atoms with E-state index in [2.05, 4.69) is 28.2 Å². The molecule has 0 saturated heterocycles. The molecule has 5 nitrogen and oxygen atoms in total. The molecule has 2 aromatic heterocycles. The number of nitrogens with zero attached hydrogens (tertiary/aromatic N) is 2. The van der Waals surface area contributed by atoms with Crippen molar-refractivity contribution < 1.29 is 9.53 Å². The third-order valence-corrected chi connectivity index (χ3v) is 5.45. The summed E-state index contributed by atoms with van der Waals surface area (Å²) in [5, 5.41) is 1.13. The molecule has 0 radical (unpaired) electrons. The number of ether oxygens (including phenoxy) is 1. The third-order valence-electron chi connectivity index (χ3n) is 5.45. The van der Waals surface area contributed by atoms with Crippen LogP contribution >= 0.6 is 0 Å². The molecule has 0 fully saturated rings. The highest BCUT2D eigenvalue weighted by Crippen LogP contribution is 2.29. The lowest BCUT2D eigenvalue weighted by Gasteiger charge is -2.25. The average Bonchev–Trinajstić information content (AvgIpc) is 3.38. The number of fused-ring (bicyclic) bond motifs is 2. The lowest BCUT2D eigenvalue weighted by atomic mass is 9.99. The van der Waals surface area contributed by atoms with Gasteiger partial charge in [0, 0.05) is 48.9 Å². The quantitative estimate of drug-likeness (QED) is 0.712. The minimum absolute atomic E-state index is 0.0487. The number of aromatic nitrogens is 2. The van der Waals surface area contributed by atoms with Gasteiger partial charge in [0.15, 0.2) is 0 Å². The van der Waals surface area contributed by atoms with E-state index >= 15 is 0 Å². The van der Waals surface area contributed by atoms with Gasteiger partial charge >= 0.3 is 0 Å². The number of hydrogen-bond acceptors (Lipinski definition) is 3. The van der Waals surface area contributed by atoms with E-state index < -0.39 is 0 Å². The van der Waals surface area contributed by atoms with Gasteiger partial charge in [-0.15, -0.1) is 0 Å². The molecule has 0 saturated carbocycles. The molecule has 0 bridgehead atoms. The van der Waals surface area contributed by atoms with E-state index in [4.69, 9.17) is 4.74 Å². The minimum Gasteiger partial charge on any atom is -0.493 e. The number of H-pyrrole nitrogens is 1. The topological polar surface area (TPSA) is 58.2 Å². The zero-order valence-corrected chi connectivity index (χ0v) is 15.5. The molecule has 2 aliphatic heterocycles. The second kappa shape index (κ2) is 7.00. The molecule has 2 aliphatic rings. The van der Waals surface area contributed by atoms with Gasteiger partial charge in [0.25, 0.3) is 0 Å². The molecule has 1 N–H and O–H groups in total. The molecule has 0 unspecified atom stereocenters. The van der Waals surface area contributed by atoms with Crippen LogP contribution in [0.5, 0.6) is 5.75 Å². The maximum absolute atomic E-state index is 12.6. The van der Waals surface area contributed by atoms with Crippen LogP contribution in [0.25, 0.3) is 22.7 Å². The number of benzene rings is 1. The Labute approximate surface area is 163 Å². The molecule has 28 heavy (non-hydrogen) atoms. The molecule has 5 heteroatoms. The number of pyridine rings is 1. The fourth-order valence-corrected chi connectivity index (χ4v) is 3.92. The van der Waals surface area contributed by atoms with E-state index in [9.17, 15) is 4.79 Å². The van der Waals surface area contributed by atoms with Crippen molar-refractivity contribution in [2.75, 3.05) is 19.7 Å². The van der Waals surface area contributed by atoms with E-state index in [1.165, 1.54) is 16.7 Å². The maximum Gasteiger partial charge on any atom is 0.246 e. The van der Waals surface area contributed by atoms with Gasteiger partial charge < -0.3 is 14.6 Å². The number of carbonyl (C=O) groups is 1. The molecular formula is C23H21N3O2. The summed E-state index contributed by atoms with van der Waals surface area (Å²) in [5.41, 5.74) is 5.61. The van der Waals surface area contributed by atoms with Crippen molar-refractivity contribution in [3.8, 4) is 5.75 Å². The first-order valence-corrected chi connectivity index (χ1v) is 9.62. The van der Waals surface area contributed by atoms with Gasteiger partial charge in [-0.3, -0.25) is 4.79 Å². The van der Waals surface area contributed by atoms with Gasteiger partial charge in [-0.25, -0.2) is 4.98 Å². The SMILES string of the molecule is O=C(/C=C\c1ccc2c(c1)CCO2)N1CC=C(c2c[nH]c3ncccc23)CC1. The highest BCUT2D eigenvalue weighted by atomic mass is 16.5. The lowest BCUT2D eigenvalue weighted by Crippen LogP contribution is -2.33. The monoisotopic (exact) mass is 371 g/mol. The first-order valence-electron chi connectivity index (χ1n) is 9.62. The number of rotatable bonds is 3. The number of hydrogen-bond donors (Lipinski definition) is 1. The molecule has 0 aliphatic carbocycles. The summed E-state index contributed by atoms with van der Waals surface area (Å²) in [6, 6.07) is 10.1. The normalized spacial score (nSPS) is 16.3. The Hall–Kier alpha value is -3.34. The van der Waals surface area contributed by atoms with E-state index in [1.54, 1.807) is 12.3 Å². The van der Waals surface area contributed by atoms with Crippen LogP contribution < -0.4 is 4.74 Å². The van der Waals surface area contributed by atoms with Gasteiger partial charge in [0.1, 0.15) is 11.4 Å². The molecule has 5 rings (SSSR count). The van der Waals surface area contributed by atoms with Gasteiger partial charge in [0.05, 0.1) is 6.61 Å². The first kappa shape index (κ1) is 16.8. The molecule has 0 atom stereocenters. The molecule has 1 amide bonds. The largest absolute Gasteiger partial charge is 0.493 e. The summed E-state index contributed by atoms with van der Waals surface area (Å²) >= 11 is 0. The van der Waals surface area contributed by atoms with Gasteiger partial charge in [-0.1, -0.05) is 12.1 Å². The molecule has 1 aromatic carbocycles. The highest BCUT2D eigenvalue weighted by Gasteiger charge is 2.18. The van der Waals surface area contributed by atoms with Gasteiger partial charge in [-0.2, -0.15) is 0 Å². The Balaban J connectivity index is 1.27. The predicted molar refractivity (Wildman–Crippen MR) is 110 cm³/mol. The molecule has 0 spiro atoms. The van der Waals surface area contributed by atoms with Crippen molar-refractivity contribution in [3.05, 3.63) is 71.6 Å². The number of carbonyl (C=O) groups excluding carboxylic acids is 1. The molecule has 3 aromatic rings. The molecule has 4 heterocycles. The van der Waals surface area contributed by atoms with Crippen LogP contribution in [0.2, 0.25) is 0 Å². The highest BCUT2D eigenvalue weighted by molar-refractivity contribution is 5.94. The zero-order chi connectivity index (χ0) is 18.9. The third kappa shape index (κ3) is 3.09. The summed E-state index contributed by atoms with van der Waals surface area (Å²) in [6.07, 6.45) is 11.3. The smallest absolute Gasteiger partial charge is 0.246 e. The summed E-state index contributed by atoms with van der Waals surface area (Å²) in [7, 11) is 0. The molecule has 140 valence electrons. The van der Waals surface area contributed by atoms with Crippen LogP contribution in [-0.4, -0.2) is 40.5 Å². The number of aromatic amines is 1. The van der Waals surface area contributed by atoms with E-state index in [0.717, 1.165) is 48.3 Å². The number of nitrogens with one attached hydrogen (secondary N) is 1. The summed E-state index contributed by atoms with van der Waals surface area (Å²) < 4.78 is 5.53. The summed E-state index contributed by atoms with van der Waals surface area (Å²) in [5.74, 6) is 1.01. The average molecular weight is 371 g/mol. The fraction of sp³-hybridized carbons (Fsp3) is 0.217. The lowest BCUT2D eigenvalue weighted by molar-refractivity contribution is -0.125. The van der Waals surface area contributed by atoms with Crippen molar-refractivity contribution >= 4 is 28.6 Å². The molecular weight excluding hydrogens is 350 g/mol. The Morgan fingerprint density at radius 3 is 3.11 bits per heavy atom. The summed E-state index contributed by atoms with van der Waals surface area (Å²) in [6.45, 7) is 2.10. The van der Waals surface area contributed by atoms with Crippen LogP contribution in [-0.2, 0) is 11.2 Å². The van der Waals surface area contributed by atoms with Crippen LogP contribution in [0, 0.1) is 0 Å². The van der Waals surface area contributed by atoms with Crippen molar-refractivity contribution in [2.24, 2.45) is 0 Å². The minimum atomic E-state index is 0.0487. The van der Waals surface area contributed by atoms with Crippen molar-refractivity contribution in [1.82, 2.24) is 14.9 Å². The van der Waals surface area contributed by atoms with Crippen LogP contribution in [0.3, 0.4) is 0 Å². The Bertz CT molecular complexity index is 1110. The number of amides is 1. The van der Waals surface area contributed by atoms with Crippen molar-refractivity contribution in [1.29, 1.82) is 0 Å².